The van der Waals surface area contributed by atoms with Crippen molar-refractivity contribution in [3.8, 4) is 0 Å². The summed E-state index contributed by atoms with van der Waals surface area (Å²) in [6.07, 6.45) is 7.39. The van der Waals surface area contributed by atoms with E-state index in [0.717, 1.165) is 80.3 Å². The largest absolute Gasteiger partial charge is 0.364 e. The second-order valence-corrected chi connectivity index (χ2v) is 11.6. The second kappa shape index (κ2) is 10.8. The number of pyridine rings is 1. The van der Waals surface area contributed by atoms with Crippen molar-refractivity contribution < 1.29 is 9.59 Å². The molecule has 2 amide bonds. The molecular weight excluding hydrogens is 532 g/mol. The topological polar surface area (TPSA) is 107 Å². The summed E-state index contributed by atoms with van der Waals surface area (Å²) in [4.78, 5) is 39.6. The lowest BCUT2D eigenvalue weighted by Crippen LogP contribution is -2.56. The fourth-order valence-corrected chi connectivity index (χ4v) is 6.51. The van der Waals surface area contributed by atoms with Crippen molar-refractivity contribution in [1.82, 2.24) is 39.1 Å². The highest BCUT2D eigenvalue weighted by molar-refractivity contribution is 5.96. The minimum atomic E-state index is 0.0721. The zero-order valence-corrected chi connectivity index (χ0v) is 24.1. The van der Waals surface area contributed by atoms with E-state index < -0.39 is 0 Å². The lowest BCUT2D eigenvalue weighted by atomic mass is 10.1. The lowest BCUT2D eigenvalue weighted by molar-refractivity contribution is -0.133. The Morgan fingerprint density at radius 1 is 1.00 bits per heavy atom. The second-order valence-electron chi connectivity index (χ2n) is 11.6. The van der Waals surface area contributed by atoms with Crippen molar-refractivity contribution in [3.05, 3.63) is 66.1 Å². The molecule has 3 aromatic heterocycles. The maximum Gasteiger partial charge on any atom is 0.254 e. The minimum Gasteiger partial charge on any atom is -0.364 e. The number of nitrogens with zero attached hydrogens (tertiary/aromatic N) is 9. The number of carbonyl (C=O) groups excluding carboxylic acids is 2. The number of nitrogens with one attached hydrogen (secondary N) is 1. The van der Waals surface area contributed by atoms with Crippen molar-refractivity contribution >= 4 is 34.8 Å². The van der Waals surface area contributed by atoms with E-state index in [0.29, 0.717) is 5.95 Å². The Morgan fingerprint density at radius 3 is 2.52 bits per heavy atom. The van der Waals surface area contributed by atoms with Gasteiger partial charge in [0.15, 0.2) is 5.65 Å². The molecule has 12 heteroatoms. The van der Waals surface area contributed by atoms with E-state index in [1.807, 2.05) is 54.5 Å². The van der Waals surface area contributed by atoms with Gasteiger partial charge in [-0.1, -0.05) is 18.2 Å². The maximum atomic E-state index is 13.5. The summed E-state index contributed by atoms with van der Waals surface area (Å²) in [5.74, 6) is 0.671. The summed E-state index contributed by atoms with van der Waals surface area (Å²) in [7, 11) is 2.07. The molecular formula is C30H36N10O2. The van der Waals surface area contributed by atoms with Gasteiger partial charge in [-0.15, -0.1) is 5.10 Å². The highest BCUT2D eigenvalue weighted by Crippen LogP contribution is 2.35. The van der Waals surface area contributed by atoms with E-state index in [9.17, 15) is 9.59 Å². The first-order valence-electron chi connectivity index (χ1n) is 14.7. The summed E-state index contributed by atoms with van der Waals surface area (Å²) >= 11 is 0. The Labute approximate surface area is 244 Å². The molecule has 2 atom stereocenters. The average molecular weight is 569 g/mol. The third-order valence-electron chi connectivity index (χ3n) is 8.82. The van der Waals surface area contributed by atoms with Gasteiger partial charge < -0.3 is 24.9 Å². The molecule has 3 aliphatic rings. The van der Waals surface area contributed by atoms with Crippen molar-refractivity contribution in [2.24, 2.45) is 0 Å². The average Bonchev–Trinajstić information content (AvgIpc) is 3.68. The van der Waals surface area contributed by atoms with Gasteiger partial charge >= 0.3 is 0 Å². The number of fused-ring (bicyclic) bond motifs is 3. The Balaban J connectivity index is 1.04. The summed E-state index contributed by atoms with van der Waals surface area (Å²) in [6.45, 7) is 7.00. The van der Waals surface area contributed by atoms with Crippen LogP contribution in [0.1, 0.15) is 28.8 Å². The fraction of sp³-hybridized carbons (Fsp3) is 0.433. The van der Waals surface area contributed by atoms with Gasteiger partial charge in [0.1, 0.15) is 6.54 Å². The van der Waals surface area contributed by atoms with Crippen LogP contribution in [0.5, 0.6) is 0 Å². The van der Waals surface area contributed by atoms with Crippen molar-refractivity contribution in [2.75, 3.05) is 56.5 Å². The number of aryl methyl sites for hydroxylation is 1. The summed E-state index contributed by atoms with van der Waals surface area (Å²) in [5.41, 5.74) is 4.30. The van der Waals surface area contributed by atoms with Gasteiger partial charge in [-0.3, -0.25) is 14.3 Å². The molecule has 0 radical (unpaired) electrons. The molecule has 1 N–H and O–H groups in total. The maximum absolute atomic E-state index is 13.5. The Hall–Kier alpha value is -4.45. The number of anilines is 3. The number of hydrogen-bond acceptors (Lipinski definition) is 8. The fourth-order valence-electron chi connectivity index (χ4n) is 6.51. The third kappa shape index (κ3) is 4.95. The van der Waals surface area contributed by atoms with Crippen LogP contribution in [0.3, 0.4) is 0 Å². The Morgan fingerprint density at radius 2 is 1.76 bits per heavy atom. The lowest BCUT2D eigenvalue weighted by Gasteiger charge is -2.42. The van der Waals surface area contributed by atoms with Crippen LogP contribution in [0.25, 0.3) is 5.65 Å². The van der Waals surface area contributed by atoms with E-state index >= 15 is 0 Å². The number of aromatic nitrogens is 5. The molecule has 2 unspecified atom stereocenters. The molecule has 6 heterocycles. The van der Waals surface area contributed by atoms with Crippen LogP contribution >= 0.6 is 0 Å². The smallest absolute Gasteiger partial charge is 0.254 e. The molecule has 42 heavy (non-hydrogen) atoms. The van der Waals surface area contributed by atoms with Crippen LogP contribution in [0, 0.1) is 6.92 Å². The molecule has 3 fully saturated rings. The SMILES string of the molecule is Cc1ccccc1C(=O)N1C2CCC1CN(c1cccn3nc(Nc4cnn(CC(=O)N5CCN(C)CC5)c4)nc13)C2. The third-order valence-corrected chi connectivity index (χ3v) is 8.82. The number of amides is 2. The highest BCUT2D eigenvalue weighted by atomic mass is 16.2. The predicted octanol–water partition coefficient (Wildman–Crippen LogP) is 2.25. The zero-order chi connectivity index (χ0) is 28.8. The number of benzene rings is 1. The first-order valence-corrected chi connectivity index (χ1v) is 14.7. The Kier molecular flexibility index (Phi) is 6.77. The van der Waals surface area contributed by atoms with Gasteiger partial charge in [0, 0.05) is 69.3 Å². The van der Waals surface area contributed by atoms with Gasteiger partial charge in [-0.2, -0.15) is 10.1 Å². The van der Waals surface area contributed by atoms with E-state index in [1.54, 1.807) is 15.4 Å². The molecule has 3 aliphatic heterocycles. The molecule has 0 spiro atoms. The Bertz CT molecular complexity index is 1610. The molecule has 1 aromatic carbocycles. The number of rotatable bonds is 6. The van der Waals surface area contributed by atoms with E-state index in [2.05, 4.69) is 43.3 Å². The zero-order valence-electron chi connectivity index (χ0n) is 24.1. The van der Waals surface area contributed by atoms with E-state index in [4.69, 9.17) is 4.98 Å². The van der Waals surface area contributed by atoms with Crippen LogP contribution in [0.2, 0.25) is 0 Å². The monoisotopic (exact) mass is 568 g/mol. The van der Waals surface area contributed by atoms with Gasteiger partial charge in [0.05, 0.1) is 17.6 Å². The van der Waals surface area contributed by atoms with Crippen LogP contribution < -0.4 is 10.2 Å². The number of hydrogen-bond donors (Lipinski definition) is 1. The molecule has 3 saturated heterocycles. The van der Waals surface area contributed by atoms with Crippen LogP contribution in [-0.4, -0.2) is 109 Å². The van der Waals surface area contributed by atoms with Crippen LogP contribution in [0.15, 0.2) is 55.0 Å². The molecule has 12 nitrogen and oxygen atoms in total. The van der Waals surface area contributed by atoms with Gasteiger partial charge in [0.2, 0.25) is 11.9 Å². The van der Waals surface area contributed by atoms with Gasteiger partial charge in [-0.25, -0.2) is 4.52 Å². The minimum absolute atomic E-state index is 0.0721. The number of piperazine rings is 2. The van der Waals surface area contributed by atoms with Crippen LogP contribution in [0.4, 0.5) is 17.3 Å². The van der Waals surface area contributed by atoms with Gasteiger partial charge in [0.25, 0.3) is 5.91 Å². The van der Waals surface area contributed by atoms with Crippen LogP contribution in [-0.2, 0) is 11.3 Å². The first-order chi connectivity index (χ1) is 20.4. The molecule has 0 aliphatic carbocycles. The molecule has 2 bridgehead atoms. The normalized spacial score (nSPS) is 20.9. The van der Waals surface area contributed by atoms with E-state index in [-0.39, 0.29) is 30.4 Å². The number of likely N-dealkylation sites (N-methyl/N-ethyl adjacent to an activating group) is 1. The molecule has 0 saturated carbocycles. The molecule has 4 aromatic rings. The molecule has 218 valence electrons. The standard InChI is InChI=1S/C30H36N10O2/c1-21-6-3-4-7-25(21)29(42)40-23-9-10-24(40)19-37(18-23)26-8-5-11-39-28(26)33-30(34-39)32-22-16-31-38(17-22)20-27(41)36-14-12-35(2)13-15-36/h3-8,11,16-17,23-24H,9-10,12-15,18-20H2,1-2H3,(H,32,34). The van der Waals surface area contributed by atoms with Crippen molar-refractivity contribution in [1.29, 1.82) is 0 Å². The van der Waals surface area contributed by atoms with E-state index in [1.165, 1.54) is 0 Å². The van der Waals surface area contributed by atoms with Gasteiger partial charge in [-0.05, 0) is 50.6 Å². The predicted molar refractivity (Wildman–Crippen MR) is 159 cm³/mol. The highest BCUT2D eigenvalue weighted by Gasteiger charge is 2.43. The quantitative estimate of drug-likeness (QED) is 0.378. The first kappa shape index (κ1) is 26.4. The summed E-state index contributed by atoms with van der Waals surface area (Å²) in [6, 6.07) is 12.2. The molecule has 7 rings (SSSR count). The van der Waals surface area contributed by atoms with Crippen molar-refractivity contribution in [2.45, 2.75) is 38.4 Å². The number of carbonyl (C=O) groups is 2. The summed E-state index contributed by atoms with van der Waals surface area (Å²) in [5, 5.41) is 12.3. The summed E-state index contributed by atoms with van der Waals surface area (Å²) < 4.78 is 3.43. The van der Waals surface area contributed by atoms with Crippen molar-refractivity contribution in [3.63, 3.8) is 0 Å².